The Morgan fingerprint density at radius 2 is 1.27 bits per heavy atom. The minimum Gasteiger partial charge on any atom is -0.330 e. The second-order valence-electron chi connectivity index (χ2n) is 3.59. The SMILES string of the molecule is NCCCNCCCCNCCCNBr. The van der Waals surface area contributed by atoms with Crippen LogP contribution in [-0.2, 0) is 0 Å². The molecule has 4 nitrogen and oxygen atoms in total. The molecule has 0 rings (SSSR count). The average Bonchev–Trinajstić information content (AvgIpc) is 2.26. The highest BCUT2D eigenvalue weighted by molar-refractivity contribution is 9.08. The molecule has 0 saturated heterocycles. The minimum atomic E-state index is 0.788. The fourth-order valence-corrected chi connectivity index (χ4v) is 1.54. The molecule has 0 heterocycles. The van der Waals surface area contributed by atoms with E-state index in [0.717, 1.165) is 45.7 Å². The molecule has 0 aromatic heterocycles. The molecular weight excluding hydrogens is 256 g/mol. The van der Waals surface area contributed by atoms with Crippen LogP contribution in [0, 0.1) is 0 Å². The van der Waals surface area contributed by atoms with E-state index in [2.05, 4.69) is 31.1 Å². The van der Waals surface area contributed by atoms with Crippen LogP contribution in [0.5, 0.6) is 0 Å². The number of unbranched alkanes of at least 4 members (excludes halogenated alkanes) is 1. The Kier molecular flexibility index (Phi) is 14.6. The molecule has 92 valence electrons. The van der Waals surface area contributed by atoms with Crippen LogP contribution in [0.2, 0.25) is 0 Å². The van der Waals surface area contributed by atoms with E-state index in [-0.39, 0.29) is 0 Å². The largest absolute Gasteiger partial charge is 0.330 e. The maximum atomic E-state index is 5.39. The molecule has 0 atom stereocenters. The molecule has 0 aromatic carbocycles. The Hall–Kier alpha value is 0.320. The van der Waals surface area contributed by atoms with Gasteiger partial charge in [0.2, 0.25) is 0 Å². The van der Waals surface area contributed by atoms with Crippen molar-refractivity contribution in [3.05, 3.63) is 0 Å². The van der Waals surface area contributed by atoms with Gasteiger partial charge in [-0.1, -0.05) is 0 Å². The summed E-state index contributed by atoms with van der Waals surface area (Å²) in [5.41, 5.74) is 5.39. The summed E-state index contributed by atoms with van der Waals surface area (Å²) in [5.74, 6) is 0. The number of nitrogens with two attached hydrogens (primary N) is 1. The Balaban J connectivity index is 2.81. The summed E-state index contributed by atoms with van der Waals surface area (Å²) >= 11 is 3.18. The molecule has 0 saturated carbocycles. The lowest BCUT2D eigenvalue weighted by Crippen LogP contribution is -2.22. The summed E-state index contributed by atoms with van der Waals surface area (Å²) in [5, 5.41) is 6.79. The van der Waals surface area contributed by atoms with Crippen molar-refractivity contribution in [1.82, 2.24) is 15.0 Å². The number of rotatable bonds is 12. The molecular formula is C10H25BrN4. The van der Waals surface area contributed by atoms with E-state index in [0.29, 0.717) is 0 Å². The fraction of sp³-hybridized carbons (Fsp3) is 1.00. The van der Waals surface area contributed by atoms with Crippen molar-refractivity contribution < 1.29 is 0 Å². The molecule has 0 unspecified atom stereocenters. The molecule has 0 aliphatic rings. The van der Waals surface area contributed by atoms with E-state index in [1.165, 1.54) is 19.3 Å². The van der Waals surface area contributed by atoms with Crippen molar-refractivity contribution in [2.75, 3.05) is 39.3 Å². The maximum Gasteiger partial charge on any atom is 0.00876 e. The van der Waals surface area contributed by atoms with Crippen LogP contribution in [0.4, 0.5) is 0 Å². The Morgan fingerprint density at radius 1 is 0.733 bits per heavy atom. The van der Waals surface area contributed by atoms with Gasteiger partial charge >= 0.3 is 0 Å². The monoisotopic (exact) mass is 280 g/mol. The van der Waals surface area contributed by atoms with E-state index in [9.17, 15) is 0 Å². The lowest BCUT2D eigenvalue weighted by atomic mass is 10.3. The molecule has 0 aromatic rings. The Morgan fingerprint density at radius 3 is 1.80 bits per heavy atom. The maximum absolute atomic E-state index is 5.39. The van der Waals surface area contributed by atoms with Crippen molar-refractivity contribution in [3.63, 3.8) is 0 Å². The summed E-state index contributed by atoms with van der Waals surface area (Å²) in [4.78, 5) is 0. The average molecular weight is 281 g/mol. The molecule has 5 heteroatoms. The van der Waals surface area contributed by atoms with Gasteiger partial charge in [-0.25, -0.2) is 0 Å². The fourth-order valence-electron chi connectivity index (χ4n) is 1.26. The third kappa shape index (κ3) is 14.3. The first kappa shape index (κ1) is 15.3. The van der Waals surface area contributed by atoms with Gasteiger partial charge in [0.1, 0.15) is 0 Å². The predicted molar refractivity (Wildman–Crippen MR) is 70.2 cm³/mol. The van der Waals surface area contributed by atoms with Crippen molar-refractivity contribution >= 4 is 16.1 Å². The van der Waals surface area contributed by atoms with E-state index in [1.807, 2.05) is 0 Å². The zero-order valence-electron chi connectivity index (χ0n) is 9.53. The summed E-state index contributed by atoms with van der Waals surface area (Å²) in [6.45, 7) is 6.20. The number of halogens is 1. The van der Waals surface area contributed by atoms with Gasteiger partial charge in [0.05, 0.1) is 0 Å². The highest BCUT2D eigenvalue weighted by atomic mass is 79.9. The van der Waals surface area contributed by atoms with Crippen molar-refractivity contribution in [3.8, 4) is 0 Å². The zero-order valence-corrected chi connectivity index (χ0v) is 11.1. The van der Waals surface area contributed by atoms with E-state index < -0.39 is 0 Å². The highest BCUT2D eigenvalue weighted by Crippen LogP contribution is 1.85. The lowest BCUT2D eigenvalue weighted by Gasteiger charge is -2.05. The molecule has 0 aliphatic heterocycles. The van der Waals surface area contributed by atoms with Gasteiger partial charge in [-0.2, -0.15) is 0 Å². The predicted octanol–water partition coefficient (Wildman–Crippen LogP) is 0.584. The van der Waals surface area contributed by atoms with Gasteiger partial charge in [-0.15, -0.1) is 0 Å². The summed E-state index contributed by atoms with van der Waals surface area (Å²) in [6.07, 6.45) is 4.74. The third-order valence-corrected chi connectivity index (χ3v) is 2.54. The van der Waals surface area contributed by atoms with Crippen LogP contribution in [0.15, 0.2) is 0 Å². The summed E-state index contributed by atoms with van der Waals surface area (Å²) < 4.78 is 2.95. The van der Waals surface area contributed by atoms with Crippen LogP contribution >= 0.6 is 16.1 Å². The number of nitrogens with one attached hydrogen (secondary N) is 3. The third-order valence-electron chi connectivity index (χ3n) is 2.14. The van der Waals surface area contributed by atoms with Crippen molar-refractivity contribution in [2.24, 2.45) is 5.73 Å². The van der Waals surface area contributed by atoms with Gasteiger partial charge in [0.15, 0.2) is 0 Å². The normalized spacial score (nSPS) is 10.8. The summed E-state index contributed by atoms with van der Waals surface area (Å²) in [7, 11) is 0. The molecule has 0 aliphatic carbocycles. The second-order valence-corrected chi connectivity index (χ2v) is 4.15. The molecule has 15 heavy (non-hydrogen) atoms. The molecule has 0 fully saturated rings. The molecule has 5 N–H and O–H groups in total. The smallest absolute Gasteiger partial charge is 0.00876 e. The van der Waals surface area contributed by atoms with E-state index in [1.54, 1.807) is 0 Å². The first-order valence-electron chi connectivity index (χ1n) is 5.86. The van der Waals surface area contributed by atoms with Crippen LogP contribution in [0.1, 0.15) is 25.7 Å². The second kappa shape index (κ2) is 14.3. The van der Waals surface area contributed by atoms with Crippen LogP contribution in [0.3, 0.4) is 0 Å². The van der Waals surface area contributed by atoms with Crippen molar-refractivity contribution in [1.29, 1.82) is 0 Å². The topological polar surface area (TPSA) is 62.1 Å². The summed E-state index contributed by atoms with van der Waals surface area (Å²) in [6, 6.07) is 0. The van der Waals surface area contributed by atoms with Crippen LogP contribution in [0.25, 0.3) is 0 Å². The zero-order chi connectivity index (χ0) is 11.2. The lowest BCUT2D eigenvalue weighted by molar-refractivity contribution is 0.569. The number of hydrogen-bond donors (Lipinski definition) is 4. The van der Waals surface area contributed by atoms with Crippen molar-refractivity contribution in [2.45, 2.75) is 25.7 Å². The first-order chi connectivity index (χ1) is 7.41. The van der Waals surface area contributed by atoms with Crippen LogP contribution < -0.4 is 20.7 Å². The van der Waals surface area contributed by atoms with Gasteiger partial charge < -0.3 is 16.4 Å². The molecule has 0 radical (unpaired) electrons. The number of hydrogen-bond acceptors (Lipinski definition) is 4. The van der Waals surface area contributed by atoms with Gasteiger partial charge in [-0.3, -0.25) is 4.34 Å². The highest BCUT2D eigenvalue weighted by Gasteiger charge is 1.90. The van der Waals surface area contributed by atoms with E-state index >= 15 is 0 Å². The Labute approximate surface area is 102 Å². The first-order valence-corrected chi connectivity index (χ1v) is 6.66. The van der Waals surface area contributed by atoms with Gasteiger partial charge in [0, 0.05) is 22.7 Å². The Bertz CT molecular complexity index is 102. The molecule has 0 bridgehead atoms. The molecule has 0 amide bonds. The van der Waals surface area contributed by atoms with Gasteiger partial charge in [0.25, 0.3) is 0 Å². The van der Waals surface area contributed by atoms with Gasteiger partial charge in [-0.05, 0) is 58.4 Å². The van der Waals surface area contributed by atoms with E-state index in [4.69, 9.17) is 5.73 Å². The minimum absolute atomic E-state index is 0.788. The quantitative estimate of drug-likeness (QED) is 0.312. The van der Waals surface area contributed by atoms with Crippen LogP contribution in [-0.4, -0.2) is 39.3 Å². The standard InChI is InChI=1S/C10H25BrN4/c11-15-10-4-9-14-7-2-1-6-13-8-3-5-12/h13-15H,1-10,12H2. The molecule has 0 spiro atoms.